The predicted octanol–water partition coefficient (Wildman–Crippen LogP) is 1.87. The molecule has 0 spiro atoms. The number of Topliss-reactive ketones (excluding diaryl/α,β-unsaturated/α-hetero) is 1. The van der Waals surface area contributed by atoms with Gasteiger partial charge in [-0.2, -0.15) is 0 Å². The van der Waals surface area contributed by atoms with Gasteiger partial charge in [-0.15, -0.1) is 0 Å². The van der Waals surface area contributed by atoms with Crippen molar-refractivity contribution in [3.63, 3.8) is 0 Å². The number of aromatic amines is 1. The molecule has 76 valence electrons. The lowest BCUT2D eigenvalue weighted by molar-refractivity contribution is 0.101. The van der Waals surface area contributed by atoms with Crippen LogP contribution in [-0.2, 0) is 0 Å². The summed E-state index contributed by atoms with van der Waals surface area (Å²) in [4.78, 5) is 25.0. The Kier molecular flexibility index (Phi) is 2.11. The third-order valence-corrected chi connectivity index (χ3v) is 2.26. The molecule has 0 fully saturated rings. The first-order valence-electron chi connectivity index (χ1n) is 4.42. The molecular weight excluding hydrogens is 197 g/mol. The van der Waals surface area contributed by atoms with Gasteiger partial charge >= 0.3 is 0 Å². The molecule has 4 heteroatoms. The number of rotatable bonds is 1. The van der Waals surface area contributed by atoms with Crippen LogP contribution < -0.4 is 5.56 Å². The van der Waals surface area contributed by atoms with Gasteiger partial charge in [0.1, 0.15) is 5.82 Å². The van der Waals surface area contributed by atoms with Crippen LogP contribution in [0.3, 0.4) is 0 Å². The van der Waals surface area contributed by atoms with E-state index in [1.807, 2.05) is 0 Å². The second kappa shape index (κ2) is 3.31. The summed E-state index contributed by atoms with van der Waals surface area (Å²) in [6.07, 6.45) is 1.31. The number of hydrogen-bond acceptors (Lipinski definition) is 2. The first-order valence-corrected chi connectivity index (χ1v) is 4.42. The van der Waals surface area contributed by atoms with Crippen molar-refractivity contribution in [3.05, 3.63) is 46.1 Å². The van der Waals surface area contributed by atoms with E-state index in [4.69, 9.17) is 0 Å². The average Bonchev–Trinajstić information content (AvgIpc) is 2.17. The zero-order valence-corrected chi connectivity index (χ0v) is 8.00. The Hall–Kier alpha value is -1.97. The summed E-state index contributed by atoms with van der Waals surface area (Å²) in [7, 11) is 0. The zero-order valence-electron chi connectivity index (χ0n) is 8.00. The molecule has 0 atom stereocenters. The lowest BCUT2D eigenvalue weighted by Gasteiger charge is -2.02. The normalized spacial score (nSPS) is 10.5. The van der Waals surface area contributed by atoms with Gasteiger partial charge in [0.25, 0.3) is 5.56 Å². The molecule has 3 nitrogen and oxygen atoms in total. The highest BCUT2D eigenvalue weighted by atomic mass is 19.1. The van der Waals surface area contributed by atoms with Crippen LogP contribution in [0.5, 0.6) is 0 Å². The van der Waals surface area contributed by atoms with Gasteiger partial charge in [0.2, 0.25) is 0 Å². The fourth-order valence-electron chi connectivity index (χ4n) is 1.56. The van der Waals surface area contributed by atoms with Crippen LogP contribution in [0.25, 0.3) is 10.8 Å². The largest absolute Gasteiger partial charge is 0.328 e. The maximum atomic E-state index is 13.4. The number of H-pyrrole nitrogens is 1. The molecule has 0 aliphatic rings. The summed E-state index contributed by atoms with van der Waals surface area (Å²) < 4.78 is 13.4. The van der Waals surface area contributed by atoms with Crippen molar-refractivity contribution in [1.82, 2.24) is 4.98 Å². The molecule has 0 saturated carbocycles. The number of aromatic nitrogens is 1. The minimum atomic E-state index is -0.614. The molecule has 0 aliphatic heterocycles. The van der Waals surface area contributed by atoms with E-state index in [9.17, 15) is 14.0 Å². The van der Waals surface area contributed by atoms with Gasteiger partial charge in [-0.05, 0) is 13.0 Å². The van der Waals surface area contributed by atoms with E-state index >= 15 is 0 Å². The molecule has 0 bridgehead atoms. The molecule has 0 aliphatic carbocycles. The Labute approximate surface area is 84.6 Å². The quantitative estimate of drug-likeness (QED) is 0.722. The number of pyridine rings is 1. The molecule has 0 unspecified atom stereocenters. The fraction of sp³-hybridized carbons (Fsp3) is 0.0909. The van der Waals surface area contributed by atoms with Crippen molar-refractivity contribution in [2.75, 3.05) is 0 Å². The Morgan fingerprint density at radius 2 is 2.13 bits per heavy atom. The molecule has 1 heterocycles. The molecule has 0 saturated heterocycles. The van der Waals surface area contributed by atoms with Gasteiger partial charge in [0.05, 0.1) is 5.39 Å². The second-order valence-electron chi connectivity index (χ2n) is 3.25. The predicted molar refractivity (Wildman–Crippen MR) is 54.5 cm³/mol. The second-order valence-corrected chi connectivity index (χ2v) is 3.25. The molecule has 0 radical (unpaired) electrons. The molecule has 2 rings (SSSR count). The van der Waals surface area contributed by atoms with Crippen molar-refractivity contribution in [2.45, 2.75) is 6.92 Å². The van der Waals surface area contributed by atoms with Gasteiger partial charge in [-0.25, -0.2) is 4.39 Å². The fourth-order valence-corrected chi connectivity index (χ4v) is 1.56. The van der Waals surface area contributed by atoms with E-state index in [1.54, 1.807) is 6.07 Å². The molecule has 1 N–H and O–H groups in total. The minimum absolute atomic E-state index is 0.0646. The van der Waals surface area contributed by atoms with Gasteiger partial charge in [0.15, 0.2) is 5.78 Å². The standard InChI is InChI=1S/C11H8FNO2/c1-6(14)8-5-13-11(15)10-7(8)3-2-4-9(10)12/h2-5H,1H3,(H,13,15). The van der Waals surface area contributed by atoms with Crippen LogP contribution in [0.2, 0.25) is 0 Å². The lowest BCUT2D eigenvalue weighted by atomic mass is 10.1. The number of benzene rings is 1. The van der Waals surface area contributed by atoms with E-state index in [2.05, 4.69) is 4.98 Å². The van der Waals surface area contributed by atoms with Crippen LogP contribution in [0, 0.1) is 5.82 Å². The number of halogens is 1. The van der Waals surface area contributed by atoms with Crippen molar-refractivity contribution in [1.29, 1.82) is 0 Å². The highest BCUT2D eigenvalue weighted by Gasteiger charge is 2.11. The van der Waals surface area contributed by atoms with Gasteiger partial charge in [0, 0.05) is 17.1 Å². The van der Waals surface area contributed by atoms with Crippen LogP contribution >= 0.6 is 0 Å². The maximum absolute atomic E-state index is 13.4. The first-order chi connectivity index (χ1) is 7.11. The number of fused-ring (bicyclic) bond motifs is 1. The first kappa shape index (κ1) is 9.58. The number of ketones is 1. The van der Waals surface area contributed by atoms with Gasteiger partial charge in [-0.3, -0.25) is 9.59 Å². The highest BCUT2D eigenvalue weighted by Crippen LogP contribution is 2.17. The lowest BCUT2D eigenvalue weighted by Crippen LogP contribution is -2.10. The summed E-state index contributed by atoms with van der Waals surface area (Å²) in [6.45, 7) is 1.37. The van der Waals surface area contributed by atoms with E-state index in [0.717, 1.165) is 0 Å². The van der Waals surface area contributed by atoms with E-state index in [0.29, 0.717) is 10.9 Å². The Morgan fingerprint density at radius 1 is 1.40 bits per heavy atom. The summed E-state index contributed by atoms with van der Waals surface area (Å²) in [5, 5.41) is 0.288. The van der Waals surface area contributed by atoms with Crippen LogP contribution in [0.1, 0.15) is 17.3 Å². The third-order valence-electron chi connectivity index (χ3n) is 2.26. The van der Waals surface area contributed by atoms with Crippen molar-refractivity contribution in [3.8, 4) is 0 Å². The highest BCUT2D eigenvalue weighted by molar-refractivity contribution is 6.06. The smallest absolute Gasteiger partial charge is 0.258 e. The van der Waals surface area contributed by atoms with E-state index in [-0.39, 0.29) is 11.2 Å². The molecule has 1 aromatic heterocycles. The van der Waals surface area contributed by atoms with Crippen LogP contribution in [-0.4, -0.2) is 10.8 Å². The van der Waals surface area contributed by atoms with Gasteiger partial charge in [-0.1, -0.05) is 12.1 Å². The number of hydrogen-bond donors (Lipinski definition) is 1. The SMILES string of the molecule is CC(=O)c1c[nH]c(=O)c2c(F)cccc12. The summed E-state index contributed by atoms with van der Waals surface area (Å²) in [6, 6.07) is 4.23. The minimum Gasteiger partial charge on any atom is -0.328 e. The number of carbonyl (C=O) groups is 1. The molecule has 2 aromatic rings. The molecule has 0 amide bonds. The molecule has 1 aromatic carbocycles. The topological polar surface area (TPSA) is 49.9 Å². The summed E-state index contributed by atoms with van der Waals surface area (Å²) in [5.74, 6) is -0.821. The van der Waals surface area contributed by atoms with Crippen molar-refractivity contribution in [2.24, 2.45) is 0 Å². The van der Waals surface area contributed by atoms with E-state index in [1.165, 1.54) is 25.3 Å². The summed E-state index contributed by atoms with van der Waals surface area (Å²) in [5.41, 5.74) is -0.197. The Balaban J connectivity index is 3.01. The molecular formula is C11H8FNO2. The molecule has 15 heavy (non-hydrogen) atoms. The zero-order chi connectivity index (χ0) is 11.0. The maximum Gasteiger partial charge on any atom is 0.258 e. The van der Waals surface area contributed by atoms with E-state index < -0.39 is 11.4 Å². The average molecular weight is 205 g/mol. The number of nitrogens with one attached hydrogen (secondary N) is 1. The van der Waals surface area contributed by atoms with Crippen LogP contribution in [0.15, 0.2) is 29.2 Å². The van der Waals surface area contributed by atoms with Crippen molar-refractivity contribution < 1.29 is 9.18 Å². The van der Waals surface area contributed by atoms with Crippen LogP contribution in [0.4, 0.5) is 4.39 Å². The monoisotopic (exact) mass is 205 g/mol. The van der Waals surface area contributed by atoms with Gasteiger partial charge < -0.3 is 4.98 Å². The summed E-state index contributed by atoms with van der Waals surface area (Å²) >= 11 is 0. The Morgan fingerprint density at radius 3 is 2.80 bits per heavy atom. The van der Waals surface area contributed by atoms with Crippen molar-refractivity contribution >= 4 is 16.6 Å². The number of carbonyl (C=O) groups excluding carboxylic acids is 1. The Bertz CT molecular complexity index is 601. The third kappa shape index (κ3) is 1.44.